The molecule has 0 radical (unpaired) electrons. The predicted molar refractivity (Wildman–Crippen MR) is 116 cm³/mol. The molecule has 0 N–H and O–H groups in total. The molecule has 160 valence electrons. The minimum Gasteiger partial charge on any atom is -0.496 e. The van der Waals surface area contributed by atoms with E-state index >= 15 is 0 Å². The molecule has 0 saturated carbocycles. The zero-order valence-corrected chi connectivity index (χ0v) is 17.4. The van der Waals surface area contributed by atoms with Gasteiger partial charge < -0.3 is 18.8 Å². The zero-order valence-electron chi connectivity index (χ0n) is 17.4. The molecular weight excluding hydrogens is 396 g/mol. The van der Waals surface area contributed by atoms with Crippen molar-refractivity contribution in [3.63, 3.8) is 0 Å². The molecule has 1 saturated heterocycles. The maximum atomic E-state index is 13.5. The molecule has 3 heterocycles. The summed E-state index contributed by atoms with van der Waals surface area (Å²) < 4.78 is 17.0. The normalized spacial score (nSPS) is 19.1. The molecule has 7 nitrogen and oxygen atoms in total. The van der Waals surface area contributed by atoms with E-state index in [9.17, 15) is 9.59 Å². The van der Waals surface area contributed by atoms with Crippen LogP contribution in [0.2, 0.25) is 0 Å². The number of para-hydroxylation sites is 2. The molecule has 1 aromatic heterocycles. The zero-order chi connectivity index (χ0) is 21.4. The van der Waals surface area contributed by atoms with Crippen molar-refractivity contribution in [3.8, 4) is 5.75 Å². The topological polar surface area (TPSA) is 72.2 Å². The van der Waals surface area contributed by atoms with Crippen LogP contribution in [0.1, 0.15) is 27.7 Å². The SMILES string of the molecule is COc1ccccc1[C@@H]1c2c(oc3ccccc3c2=O)C(=O)N1CCN1CCOCC1. The van der Waals surface area contributed by atoms with Crippen LogP contribution in [0.25, 0.3) is 11.0 Å². The van der Waals surface area contributed by atoms with Crippen LogP contribution in [0.15, 0.2) is 57.7 Å². The fourth-order valence-electron chi connectivity index (χ4n) is 4.49. The lowest BCUT2D eigenvalue weighted by Crippen LogP contribution is -2.42. The lowest BCUT2D eigenvalue weighted by molar-refractivity contribution is 0.0314. The summed E-state index contributed by atoms with van der Waals surface area (Å²) >= 11 is 0. The molecule has 7 heteroatoms. The second-order valence-corrected chi connectivity index (χ2v) is 7.77. The molecule has 2 aromatic carbocycles. The van der Waals surface area contributed by atoms with Gasteiger partial charge in [0.25, 0.3) is 5.91 Å². The number of hydrogen-bond acceptors (Lipinski definition) is 6. The average Bonchev–Trinajstić information content (AvgIpc) is 3.10. The Morgan fingerprint density at radius 3 is 2.55 bits per heavy atom. The Morgan fingerprint density at radius 2 is 1.74 bits per heavy atom. The van der Waals surface area contributed by atoms with E-state index in [4.69, 9.17) is 13.9 Å². The van der Waals surface area contributed by atoms with E-state index in [2.05, 4.69) is 4.90 Å². The monoisotopic (exact) mass is 420 g/mol. The minimum absolute atomic E-state index is 0.126. The molecule has 5 rings (SSSR count). The molecule has 31 heavy (non-hydrogen) atoms. The number of fused-ring (bicyclic) bond motifs is 2. The van der Waals surface area contributed by atoms with Crippen molar-refractivity contribution in [1.29, 1.82) is 0 Å². The Hall–Kier alpha value is -3.16. The van der Waals surface area contributed by atoms with Crippen molar-refractivity contribution in [3.05, 3.63) is 75.6 Å². The summed E-state index contributed by atoms with van der Waals surface area (Å²) in [5.41, 5.74) is 1.42. The summed E-state index contributed by atoms with van der Waals surface area (Å²) in [6, 6.07) is 14.0. The van der Waals surface area contributed by atoms with Crippen LogP contribution in [-0.2, 0) is 4.74 Å². The maximum Gasteiger partial charge on any atom is 0.290 e. The Kier molecular flexibility index (Phi) is 5.21. The van der Waals surface area contributed by atoms with Crippen molar-refractivity contribution in [1.82, 2.24) is 9.80 Å². The number of carbonyl (C=O) groups excluding carboxylic acids is 1. The molecule has 3 aromatic rings. The lowest BCUT2D eigenvalue weighted by Gasteiger charge is -2.31. The first kappa shape index (κ1) is 19.8. The standard InChI is InChI=1S/C24H24N2O5/c1-29-18-8-4-2-6-16(18)21-20-22(27)17-7-3-5-9-19(17)31-23(20)24(28)26(21)11-10-25-12-14-30-15-13-25/h2-9,21H,10-15H2,1H3/t21-/m1/s1. The lowest BCUT2D eigenvalue weighted by atomic mass is 9.97. The highest BCUT2D eigenvalue weighted by Crippen LogP contribution is 2.41. The van der Waals surface area contributed by atoms with Crippen molar-refractivity contribution in [2.75, 3.05) is 46.5 Å². The van der Waals surface area contributed by atoms with Crippen molar-refractivity contribution >= 4 is 16.9 Å². The minimum atomic E-state index is -0.555. The van der Waals surface area contributed by atoms with Crippen LogP contribution in [0.5, 0.6) is 5.75 Å². The molecule has 2 aliphatic heterocycles. The third-order valence-corrected chi connectivity index (χ3v) is 6.07. The Balaban J connectivity index is 1.62. The van der Waals surface area contributed by atoms with E-state index in [0.29, 0.717) is 48.6 Å². The molecule has 0 aliphatic carbocycles. The maximum absolute atomic E-state index is 13.5. The largest absolute Gasteiger partial charge is 0.496 e. The average molecular weight is 420 g/mol. The van der Waals surface area contributed by atoms with Gasteiger partial charge in [-0.15, -0.1) is 0 Å². The summed E-state index contributed by atoms with van der Waals surface area (Å²) in [5.74, 6) is 0.501. The van der Waals surface area contributed by atoms with Crippen LogP contribution < -0.4 is 10.2 Å². The first-order valence-electron chi connectivity index (χ1n) is 10.5. The first-order chi connectivity index (χ1) is 15.2. The van der Waals surface area contributed by atoms with E-state index in [1.54, 1.807) is 36.3 Å². The van der Waals surface area contributed by atoms with Crippen molar-refractivity contribution < 1.29 is 18.7 Å². The Morgan fingerprint density at radius 1 is 1.00 bits per heavy atom. The van der Waals surface area contributed by atoms with Crippen molar-refractivity contribution in [2.24, 2.45) is 0 Å². The van der Waals surface area contributed by atoms with E-state index in [1.165, 1.54) is 0 Å². The number of methoxy groups -OCH3 is 1. The number of hydrogen-bond donors (Lipinski definition) is 0. The van der Waals surface area contributed by atoms with Gasteiger partial charge in [0, 0.05) is 31.7 Å². The Labute approximate surface area is 179 Å². The summed E-state index contributed by atoms with van der Waals surface area (Å²) in [6.07, 6.45) is 0. The quantitative estimate of drug-likeness (QED) is 0.632. The molecule has 1 amide bonds. The van der Waals surface area contributed by atoms with Gasteiger partial charge in [0.15, 0.2) is 5.43 Å². The van der Waals surface area contributed by atoms with Crippen LogP contribution in [0.3, 0.4) is 0 Å². The predicted octanol–water partition coefficient (Wildman–Crippen LogP) is 2.68. The van der Waals surface area contributed by atoms with E-state index < -0.39 is 6.04 Å². The summed E-state index contributed by atoms with van der Waals surface area (Å²) in [5, 5.41) is 0.476. The molecule has 0 unspecified atom stereocenters. The number of carbonyl (C=O) groups is 1. The van der Waals surface area contributed by atoms with Gasteiger partial charge in [0.05, 0.1) is 37.3 Å². The number of morpholine rings is 1. The summed E-state index contributed by atoms with van der Waals surface area (Å²) in [6.45, 7) is 4.21. The number of ether oxygens (including phenoxy) is 2. The van der Waals surface area contributed by atoms with Gasteiger partial charge in [0.2, 0.25) is 5.76 Å². The van der Waals surface area contributed by atoms with Crippen LogP contribution in [0, 0.1) is 0 Å². The van der Waals surface area contributed by atoms with Gasteiger partial charge in [-0.25, -0.2) is 0 Å². The van der Waals surface area contributed by atoms with Crippen LogP contribution in [0.4, 0.5) is 0 Å². The van der Waals surface area contributed by atoms with Gasteiger partial charge >= 0.3 is 0 Å². The molecule has 1 fully saturated rings. The molecule has 0 spiro atoms. The Bertz CT molecular complexity index is 1180. The number of nitrogens with zero attached hydrogens (tertiary/aromatic N) is 2. The van der Waals surface area contributed by atoms with E-state index in [-0.39, 0.29) is 17.1 Å². The van der Waals surface area contributed by atoms with E-state index in [1.807, 2.05) is 24.3 Å². The highest BCUT2D eigenvalue weighted by atomic mass is 16.5. The third kappa shape index (κ3) is 3.40. The van der Waals surface area contributed by atoms with Gasteiger partial charge in [0.1, 0.15) is 11.3 Å². The van der Waals surface area contributed by atoms with E-state index in [0.717, 1.165) is 18.7 Å². The summed E-state index contributed by atoms with van der Waals surface area (Å²) in [4.78, 5) is 31.0. The second-order valence-electron chi connectivity index (χ2n) is 7.77. The van der Waals surface area contributed by atoms with Crippen molar-refractivity contribution in [2.45, 2.75) is 6.04 Å². The molecule has 0 bridgehead atoms. The molecular formula is C24H24N2O5. The highest BCUT2D eigenvalue weighted by Gasteiger charge is 2.43. The smallest absolute Gasteiger partial charge is 0.290 e. The number of amides is 1. The fraction of sp³-hybridized carbons (Fsp3) is 0.333. The first-order valence-corrected chi connectivity index (χ1v) is 10.5. The molecule has 2 aliphatic rings. The summed E-state index contributed by atoms with van der Waals surface area (Å²) in [7, 11) is 1.59. The number of rotatable bonds is 5. The van der Waals surface area contributed by atoms with Gasteiger partial charge in [-0.1, -0.05) is 30.3 Å². The number of benzene rings is 2. The van der Waals surface area contributed by atoms with Gasteiger partial charge in [-0.05, 0) is 18.2 Å². The van der Waals surface area contributed by atoms with Gasteiger partial charge in [-0.3, -0.25) is 14.5 Å². The van der Waals surface area contributed by atoms with Gasteiger partial charge in [-0.2, -0.15) is 0 Å². The molecule has 1 atom stereocenters. The second kappa shape index (κ2) is 8.17. The highest BCUT2D eigenvalue weighted by molar-refractivity contribution is 5.99. The third-order valence-electron chi connectivity index (χ3n) is 6.07. The van der Waals surface area contributed by atoms with Crippen LogP contribution >= 0.6 is 0 Å². The fourth-order valence-corrected chi connectivity index (χ4v) is 4.49. The van der Waals surface area contributed by atoms with Crippen LogP contribution in [-0.4, -0.2) is 62.2 Å².